The number of aryl methyl sites for hydroxylation is 2. The van der Waals surface area contributed by atoms with Gasteiger partial charge in [0.25, 0.3) is 5.56 Å². The van der Waals surface area contributed by atoms with Crippen LogP contribution in [0.1, 0.15) is 11.5 Å². The highest BCUT2D eigenvalue weighted by Gasteiger charge is 2.30. The van der Waals surface area contributed by atoms with Crippen LogP contribution in [-0.4, -0.2) is 37.8 Å². The number of hydrogen-bond donors (Lipinski definition) is 0. The molecule has 1 saturated heterocycles. The van der Waals surface area contributed by atoms with Crippen molar-refractivity contribution < 1.29 is 0 Å². The van der Waals surface area contributed by atoms with Gasteiger partial charge in [0.15, 0.2) is 0 Å². The third-order valence-corrected chi connectivity index (χ3v) is 4.28. The van der Waals surface area contributed by atoms with Gasteiger partial charge in [-0.2, -0.15) is 5.10 Å². The van der Waals surface area contributed by atoms with Crippen LogP contribution in [0.15, 0.2) is 35.4 Å². The Hall–Kier alpha value is -2.83. The van der Waals surface area contributed by atoms with Crippen molar-refractivity contribution in [1.29, 1.82) is 0 Å². The van der Waals surface area contributed by atoms with Crippen molar-refractivity contribution in [2.75, 3.05) is 18.0 Å². The summed E-state index contributed by atoms with van der Waals surface area (Å²) in [5.41, 5.74) is 1.67. The molecule has 4 rings (SSSR count). The van der Waals surface area contributed by atoms with Gasteiger partial charge in [0.05, 0.1) is 24.0 Å². The number of aromatic nitrogens is 5. The molecule has 3 aromatic heterocycles. The molecule has 0 aromatic carbocycles. The first-order chi connectivity index (χ1) is 11.6. The van der Waals surface area contributed by atoms with Crippen molar-refractivity contribution in [3.05, 3.63) is 52.5 Å². The summed E-state index contributed by atoms with van der Waals surface area (Å²) in [7, 11) is 0. The molecule has 3 aromatic rings. The largest absolute Gasteiger partial charge is 0.355 e. The predicted octanol–water partition coefficient (Wildman–Crippen LogP) is 1.33. The third kappa shape index (κ3) is 2.62. The van der Waals surface area contributed by atoms with E-state index in [0.717, 1.165) is 41.3 Å². The molecule has 0 unspecified atom stereocenters. The van der Waals surface area contributed by atoms with Crippen LogP contribution < -0.4 is 10.5 Å². The predicted molar refractivity (Wildman–Crippen MR) is 91.0 cm³/mol. The summed E-state index contributed by atoms with van der Waals surface area (Å²) in [5, 5.41) is 5.32. The molecule has 0 amide bonds. The van der Waals surface area contributed by atoms with Gasteiger partial charge in [-0.05, 0) is 26.0 Å². The highest BCUT2D eigenvalue weighted by atomic mass is 16.1. The summed E-state index contributed by atoms with van der Waals surface area (Å²) >= 11 is 0. The second-order valence-corrected chi connectivity index (χ2v) is 6.25. The standard InChI is InChI=1S/C17H18N6O/c1-11-3-4-16(24)23(21-11)10-13-8-22(9-13)17-14-5-6-18-7-15(14)19-12(2)20-17/h3-7,13H,8-10H2,1-2H3. The van der Waals surface area contributed by atoms with Crippen molar-refractivity contribution >= 4 is 16.7 Å². The molecule has 0 atom stereocenters. The summed E-state index contributed by atoms with van der Waals surface area (Å²) in [5.74, 6) is 2.08. The monoisotopic (exact) mass is 322 g/mol. The van der Waals surface area contributed by atoms with E-state index in [4.69, 9.17) is 0 Å². The van der Waals surface area contributed by atoms with Crippen LogP contribution in [0.4, 0.5) is 5.82 Å². The SMILES string of the molecule is Cc1ccc(=O)n(CC2CN(c3nc(C)nc4cnccc34)C2)n1. The normalized spacial score (nSPS) is 14.8. The van der Waals surface area contributed by atoms with Crippen LogP contribution >= 0.6 is 0 Å². The maximum Gasteiger partial charge on any atom is 0.266 e. The molecule has 4 heterocycles. The first-order valence-corrected chi connectivity index (χ1v) is 7.98. The van der Waals surface area contributed by atoms with Crippen LogP contribution in [0, 0.1) is 19.8 Å². The molecule has 7 heteroatoms. The Morgan fingerprint density at radius 3 is 2.83 bits per heavy atom. The van der Waals surface area contributed by atoms with Crippen molar-refractivity contribution in [3.8, 4) is 0 Å². The Bertz CT molecular complexity index is 961. The van der Waals surface area contributed by atoms with Crippen LogP contribution in [-0.2, 0) is 6.54 Å². The van der Waals surface area contributed by atoms with Crippen LogP contribution in [0.3, 0.4) is 0 Å². The minimum Gasteiger partial charge on any atom is -0.355 e. The molecule has 0 bridgehead atoms. The van der Waals surface area contributed by atoms with E-state index in [2.05, 4.69) is 25.0 Å². The Kier molecular flexibility index (Phi) is 3.48. The lowest BCUT2D eigenvalue weighted by Gasteiger charge is -2.40. The summed E-state index contributed by atoms with van der Waals surface area (Å²) in [6, 6.07) is 5.27. The van der Waals surface area contributed by atoms with E-state index < -0.39 is 0 Å². The van der Waals surface area contributed by atoms with E-state index in [1.807, 2.05) is 19.9 Å². The van der Waals surface area contributed by atoms with Gasteiger partial charge in [0.1, 0.15) is 11.6 Å². The van der Waals surface area contributed by atoms with Crippen LogP contribution in [0.5, 0.6) is 0 Å². The lowest BCUT2D eigenvalue weighted by atomic mass is 9.99. The molecule has 0 radical (unpaired) electrons. The molecule has 0 aliphatic carbocycles. The second-order valence-electron chi connectivity index (χ2n) is 6.25. The molecular formula is C17H18N6O. The number of rotatable bonds is 3. The molecule has 1 aliphatic rings. The van der Waals surface area contributed by atoms with Gasteiger partial charge >= 0.3 is 0 Å². The van der Waals surface area contributed by atoms with Crippen LogP contribution in [0.2, 0.25) is 0 Å². The van der Waals surface area contributed by atoms with E-state index in [1.54, 1.807) is 29.2 Å². The molecule has 122 valence electrons. The molecule has 24 heavy (non-hydrogen) atoms. The molecule has 0 spiro atoms. The van der Waals surface area contributed by atoms with Gasteiger partial charge in [-0.15, -0.1) is 0 Å². The first kappa shape index (κ1) is 14.7. The highest BCUT2D eigenvalue weighted by Crippen LogP contribution is 2.29. The number of hydrogen-bond acceptors (Lipinski definition) is 6. The number of anilines is 1. The van der Waals surface area contributed by atoms with Gasteiger partial charge in [-0.1, -0.05) is 0 Å². The maximum atomic E-state index is 11.9. The lowest BCUT2D eigenvalue weighted by molar-refractivity contribution is 0.332. The van der Waals surface area contributed by atoms with Gasteiger partial charge in [0.2, 0.25) is 0 Å². The lowest BCUT2D eigenvalue weighted by Crippen LogP contribution is -2.50. The van der Waals surface area contributed by atoms with Crippen molar-refractivity contribution in [1.82, 2.24) is 24.7 Å². The van der Waals surface area contributed by atoms with Crippen molar-refractivity contribution in [2.45, 2.75) is 20.4 Å². The highest BCUT2D eigenvalue weighted by molar-refractivity contribution is 5.89. The Morgan fingerprint density at radius 1 is 1.17 bits per heavy atom. The quantitative estimate of drug-likeness (QED) is 0.724. The maximum absolute atomic E-state index is 11.9. The smallest absolute Gasteiger partial charge is 0.266 e. The number of pyridine rings is 1. The summed E-state index contributed by atoms with van der Waals surface area (Å²) < 4.78 is 1.56. The van der Waals surface area contributed by atoms with Gasteiger partial charge in [-0.25, -0.2) is 14.6 Å². The van der Waals surface area contributed by atoms with Gasteiger partial charge < -0.3 is 4.90 Å². The fourth-order valence-electron chi connectivity index (χ4n) is 3.10. The fraction of sp³-hybridized carbons (Fsp3) is 0.353. The third-order valence-electron chi connectivity index (χ3n) is 4.28. The summed E-state index contributed by atoms with van der Waals surface area (Å²) in [6.07, 6.45) is 3.53. The van der Waals surface area contributed by atoms with Gasteiger partial charge in [0, 0.05) is 36.7 Å². The molecule has 1 aliphatic heterocycles. The average Bonchev–Trinajstić information content (AvgIpc) is 2.53. The molecular weight excluding hydrogens is 304 g/mol. The fourth-order valence-corrected chi connectivity index (χ4v) is 3.10. The van der Waals surface area contributed by atoms with Crippen molar-refractivity contribution in [3.63, 3.8) is 0 Å². The zero-order valence-corrected chi connectivity index (χ0v) is 13.7. The number of fused-ring (bicyclic) bond motifs is 1. The van der Waals surface area contributed by atoms with E-state index in [0.29, 0.717) is 12.5 Å². The summed E-state index contributed by atoms with van der Waals surface area (Å²) in [4.78, 5) is 27.3. The van der Waals surface area contributed by atoms with Crippen molar-refractivity contribution in [2.24, 2.45) is 5.92 Å². The number of nitrogens with zero attached hydrogens (tertiary/aromatic N) is 6. The molecule has 0 saturated carbocycles. The Balaban J connectivity index is 1.54. The van der Waals surface area contributed by atoms with E-state index in [9.17, 15) is 4.79 Å². The average molecular weight is 322 g/mol. The molecule has 0 N–H and O–H groups in total. The Morgan fingerprint density at radius 2 is 2.00 bits per heavy atom. The minimum absolute atomic E-state index is 0.0477. The second kappa shape index (κ2) is 5.67. The zero-order valence-electron chi connectivity index (χ0n) is 13.7. The zero-order chi connectivity index (χ0) is 16.7. The van der Waals surface area contributed by atoms with Crippen LogP contribution in [0.25, 0.3) is 10.9 Å². The topological polar surface area (TPSA) is 76.8 Å². The van der Waals surface area contributed by atoms with E-state index in [1.165, 1.54) is 0 Å². The first-order valence-electron chi connectivity index (χ1n) is 7.98. The molecule has 7 nitrogen and oxygen atoms in total. The summed E-state index contributed by atoms with van der Waals surface area (Å²) in [6.45, 7) is 6.14. The van der Waals surface area contributed by atoms with Gasteiger partial charge in [-0.3, -0.25) is 9.78 Å². The Labute approximate surface area is 139 Å². The molecule has 1 fully saturated rings. The van der Waals surface area contributed by atoms with E-state index >= 15 is 0 Å². The minimum atomic E-state index is -0.0477. The van der Waals surface area contributed by atoms with E-state index in [-0.39, 0.29) is 5.56 Å².